The van der Waals surface area contributed by atoms with Crippen LogP contribution in [0.25, 0.3) is 0 Å². The molecule has 0 unspecified atom stereocenters. The van der Waals surface area contributed by atoms with Crippen molar-refractivity contribution in [2.45, 2.75) is 40.7 Å². The molecule has 0 saturated carbocycles. The molecule has 30 heavy (non-hydrogen) atoms. The summed E-state index contributed by atoms with van der Waals surface area (Å²) >= 11 is 0. The predicted octanol–water partition coefficient (Wildman–Crippen LogP) is 4.94. The van der Waals surface area contributed by atoms with Crippen LogP contribution in [-0.2, 0) is 4.74 Å². The van der Waals surface area contributed by atoms with Crippen molar-refractivity contribution in [3.05, 3.63) is 70.8 Å². The zero-order valence-corrected chi connectivity index (χ0v) is 17.7. The van der Waals surface area contributed by atoms with Gasteiger partial charge in [-0.2, -0.15) is 0 Å². The molecule has 1 aromatic carbocycles. The lowest BCUT2D eigenvalue weighted by molar-refractivity contribution is 0.0376. The number of H-pyrrole nitrogens is 1. The minimum atomic E-state index is -0.442. The van der Waals surface area contributed by atoms with Gasteiger partial charge in [0.15, 0.2) is 0 Å². The summed E-state index contributed by atoms with van der Waals surface area (Å²) in [6, 6.07) is 8.99. The molecule has 3 aromatic rings. The average Bonchev–Trinajstić information content (AvgIpc) is 2.98. The first kappa shape index (κ1) is 21.1. The lowest BCUT2D eigenvalue weighted by Crippen LogP contribution is -2.15. The Labute approximate surface area is 175 Å². The van der Waals surface area contributed by atoms with Crippen LogP contribution < -0.4 is 10.1 Å². The Morgan fingerprint density at radius 2 is 1.90 bits per heavy atom. The SMILES string of the molecule is Cc1cc(NC(=O)c2[nH]c(C)c(C(=O)OC(C)C)c2C)ccc1Oc1cccnc1. The smallest absolute Gasteiger partial charge is 0.340 e. The van der Waals surface area contributed by atoms with E-state index < -0.39 is 5.97 Å². The number of esters is 1. The number of aryl methyl sites for hydroxylation is 2. The number of anilines is 1. The van der Waals surface area contributed by atoms with E-state index in [2.05, 4.69) is 15.3 Å². The van der Waals surface area contributed by atoms with Gasteiger partial charge in [0.1, 0.15) is 17.2 Å². The highest BCUT2D eigenvalue weighted by Crippen LogP contribution is 2.27. The Kier molecular flexibility index (Phi) is 6.20. The molecular formula is C23H25N3O4. The standard InChI is InChI=1S/C23H25N3O4/c1-13(2)29-23(28)20-15(4)21(25-16(20)5)22(27)26-17-8-9-19(14(3)11-17)30-18-7-6-10-24-12-18/h6-13,25H,1-5H3,(H,26,27). The third-order valence-electron chi connectivity index (χ3n) is 4.51. The Morgan fingerprint density at radius 3 is 2.53 bits per heavy atom. The molecule has 0 aliphatic carbocycles. The topological polar surface area (TPSA) is 93.3 Å². The fourth-order valence-electron chi connectivity index (χ4n) is 3.13. The number of ether oxygens (including phenoxy) is 2. The van der Waals surface area contributed by atoms with E-state index in [4.69, 9.17) is 9.47 Å². The minimum absolute atomic E-state index is 0.237. The van der Waals surface area contributed by atoms with Crippen LogP contribution in [0.3, 0.4) is 0 Å². The summed E-state index contributed by atoms with van der Waals surface area (Å²) in [6.07, 6.45) is 3.07. The van der Waals surface area contributed by atoms with Crippen LogP contribution >= 0.6 is 0 Å². The molecule has 3 rings (SSSR count). The number of nitrogens with zero attached hydrogens (tertiary/aromatic N) is 1. The highest BCUT2D eigenvalue weighted by atomic mass is 16.5. The van der Waals surface area contributed by atoms with E-state index in [0.717, 1.165) is 5.56 Å². The highest BCUT2D eigenvalue weighted by Gasteiger charge is 2.23. The Morgan fingerprint density at radius 1 is 1.13 bits per heavy atom. The van der Waals surface area contributed by atoms with Gasteiger partial charge in [0.25, 0.3) is 5.91 Å². The third-order valence-corrected chi connectivity index (χ3v) is 4.51. The maximum atomic E-state index is 12.8. The molecule has 7 heteroatoms. The van der Waals surface area contributed by atoms with Crippen LogP contribution in [0.2, 0.25) is 0 Å². The summed E-state index contributed by atoms with van der Waals surface area (Å²) in [5.41, 5.74) is 3.36. The zero-order chi connectivity index (χ0) is 21.8. The van der Waals surface area contributed by atoms with Gasteiger partial charge in [-0.25, -0.2) is 4.79 Å². The summed E-state index contributed by atoms with van der Waals surface area (Å²) in [6.45, 7) is 8.94. The number of hydrogen-bond donors (Lipinski definition) is 2. The van der Waals surface area contributed by atoms with Crippen molar-refractivity contribution in [2.24, 2.45) is 0 Å². The van der Waals surface area contributed by atoms with E-state index >= 15 is 0 Å². The minimum Gasteiger partial charge on any atom is -0.459 e. The second-order valence-electron chi connectivity index (χ2n) is 7.30. The van der Waals surface area contributed by atoms with Gasteiger partial charge in [-0.05, 0) is 76.1 Å². The summed E-state index contributed by atoms with van der Waals surface area (Å²) in [5.74, 6) is 0.532. The summed E-state index contributed by atoms with van der Waals surface area (Å²) in [5, 5.41) is 2.86. The van der Waals surface area contributed by atoms with E-state index in [0.29, 0.717) is 39.7 Å². The van der Waals surface area contributed by atoms with Crippen LogP contribution in [0.1, 0.15) is 51.5 Å². The van der Waals surface area contributed by atoms with Crippen molar-refractivity contribution in [3.8, 4) is 11.5 Å². The molecule has 2 heterocycles. The second-order valence-corrected chi connectivity index (χ2v) is 7.30. The molecule has 2 aromatic heterocycles. The molecule has 0 spiro atoms. The number of carbonyl (C=O) groups is 2. The number of pyridine rings is 1. The highest BCUT2D eigenvalue weighted by molar-refractivity contribution is 6.06. The van der Waals surface area contributed by atoms with Gasteiger partial charge in [0.05, 0.1) is 17.9 Å². The van der Waals surface area contributed by atoms with Gasteiger partial charge < -0.3 is 19.8 Å². The van der Waals surface area contributed by atoms with Crippen molar-refractivity contribution in [1.29, 1.82) is 0 Å². The average molecular weight is 407 g/mol. The van der Waals surface area contributed by atoms with Crippen LogP contribution in [0.5, 0.6) is 11.5 Å². The number of rotatable bonds is 6. The zero-order valence-electron chi connectivity index (χ0n) is 17.7. The number of aromatic nitrogens is 2. The van der Waals surface area contributed by atoms with Gasteiger partial charge in [0.2, 0.25) is 0 Å². The van der Waals surface area contributed by atoms with Crippen LogP contribution in [0, 0.1) is 20.8 Å². The van der Waals surface area contributed by atoms with Gasteiger partial charge >= 0.3 is 5.97 Å². The van der Waals surface area contributed by atoms with E-state index in [1.807, 2.05) is 19.1 Å². The maximum absolute atomic E-state index is 12.8. The first-order chi connectivity index (χ1) is 14.3. The Balaban J connectivity index is 1.76. The normalized spacial score (nSPS) is 10.7. The fourth-order valence-corrected chi connectivity index (χ4v) is 3.13. The third kappa shape index (κ3) is 4.68. The molecule has 7 nitrogen and oxygen atoms in total. The molecule has 0 atom stereocenters. The molecule has 0 radical (unpaired) electrons. The number of carbonyl (C=O) groups excluding carboxylic acids is 2. The van der Waals surface area contributed by atoms with E-state index in [-0.39, 0.29) is 12.0 Å². The van der Waals surface area contributed by atoms with E-state index in [1.54, 1.807) is 58.3 Å². The first-order valence-corrected chi connectivity index (χ1v) is 9.66. The van der Waals surface area contributed by atoms with Crippen molar-refractivity contribution < 1.29 is 19.1 Å². The number of aromatic amines is 1. The van der Waals surface area contributed by atoms with Crippen molar-refractivity contribution >= 4 is 17.6 Å². The van der Waals surface area contributed by atoms with E-state index in [1.165, 1.54) is 0 Å². The molecule has 0 fully saturated rings. The Bertz CT molecular complexity index is 1070. The van der Waals surface area contributed by atoms with Crippen LogP contribution in [0.15, 0.2) is 42.7 Å². The molecule has 156 valence electrons. The summed E-state index contributed by atoms with van der Waals surface area (Å²) < 4.78 is 11.1. The van der Waals surface area contributed by atoms with Crippen LogP contribution in [-0.4, -0.2) is 27.9 Å². The number of benzene rings is 1. The molecule has 0 saturated heterocycles. The van der Waals surface area contributed by atoms with Gasteiger partial charge in [0, 0.05) is 17.6 Å². The van der Waals surface area contributed by atoms with Crippen molar-refractivity contribution in [1.82, 2.24) is 9.97 Å². The van der Waals surface area contributed by atoms with Crippen LogP contribution in [0.4, 0.5) is 5.69 Å². The van der Waals surface area contributed by atoms with Crippen molar-refractivity contribution in [3.63, 3.8) is 0 Å². The van der Waals surface area contributed by atoms with Gasteiger partial charge in [-0.15, -0.1) is 0 Å². The predicted molar refractivity (Wildman–Crippen MR) is 114 cm³/mol. The maximum Gasteiger partial charge on any atom is 0.340 e. The number of nitrogens with one attached hydrogen (secondary N) is 2. The quantitative estimate of drug-likeness (QED) is 0.564. The number of amides is 1. The number of hydrogen-bond acceptors (Lipinski definition) is 5. The van der Waals surface area contributed by atoms with E-state index in [9.17, 15) is 9.59 Å². The molecule has 1 amide bonds. The van der Waals surface area contributed by atoms with Gasteiger partial charge in [-0.3, -0.25) is 9.78 Å². The molecule has 0 aliphatic rings. The fraction of sp³-hybridized carbons (Fsp3) is 0.261. The molecule has 0 aliphatic heterocycles. The summed E-state index contributed by atoms with van der Waals surface area (Å²) in [7, 11) is 0. The second kappa shape index (κ2) is 8.82. The van der Waals surface area contributed by atoms with Gasteiger partial charge in [-0.1, -0.05) is 0 Å². The Hall–Kier alpha value is -3.61. The molecular weight excluding hydrogens is 382 g/mol. The first-order valence-electron chi connectivity index (χ1n) is 9.66. The molecule has 2 N–H and O–H groups in total. The molecule has 0 bridgehead atoms. The van der Waals surface area contributed by atoms with Crippen molar-refractivity contribution in [2.75, 3.05) is 5.32 Å². The monoisotopic (exact) mass is 407 g/mol. The summed E-state index contributed by atoms with van der Waals surface area (Å²) in [4.78, 5) is 32.2. The lowest BCUT2D eigenvalue weighted by Gasteiger charge is -2.11. The largest absolute Gasteiger partial charge is 0.459 e. The lowest BCUT2D eigenvalue weighted by atomic mass is 10.1.